The van der Waals surface area contributed by atoms with Crippen LogP contribution in [0.1, 0.15) is 18.9 Å². The van der Waals surface area contributed by atoms with Gasteiger partial charge in [0.05, 0.1) is 15.6 Å². The van der Waals surface area contributed by atoms with E-state index in [4.69, 9.17) is 23.2 Å². The van der Waals surface area contributed by atoms with Crippen LogP contribution >= 0.6 is 23.2 Å². The van der Waals surface area contributed by atoms with Crippen molar-refractivity contribution in [3.63, 3.8) is 0 Å². The maximum Gasteiger partial charge on any atom is 0.126 e. The molecule has 3 nitrogen and oxygen atoms in total. The number of nitrogens with zero attached hydrogens (tertiary/aromatic N) is 2. The average molecular weight is 388 g/mol. The van der Waals surface area contributed by atoms with E-state index in [1.807, 2.05) is 42.5 Å². The number of anilines is 1. The van der Waals surface area contributed by atoms with E-state index in [9.17, 15) is 0 Å². The summed E-state index contributed by atoms with van der Waals surface area (Å²) in [7, 11) is 0. The van der Waals surface area contributed by atoms with Crippen molar-refractivity contribution >= 4 is 39.9 Å². The fraction of sp³-hybridized carbons (Fsp3) is 0.286. The monoisotopic (exact) mass is 387 g/mol. The van der Waals surface area contributed by atoms with E-state index in [1.165, 1.54) is 5.56 Å². The number of halogens is 2. The Bertz CT molecular complexity index is 867. The molecule has 0 saturated carbocycles. The average Bonchev–Trinajstić information content (AvgIpc) is 2.67. The van der Waals surface area contributed by atoms with Gasteiger partial charge in [0.2, 0.25) is 0 Å². The van der Waals surface area contributed by atoms with Gasteiger partial charge in [-0.3, -0.25) is 4.90 Å². The summed E-state index contributed by atoms with van der Waals surface area (Å²) in [6.07, 6.45) is 1.05. The van der Waals surface area contributed by atoms with E-state index >= 15 is 0 Å². The van der Waals surface area contributed by atoms with Gasteiger partial charge in [0.15, 0.2) is 0 Å². The van der Waals surface area contributed by atoms with E-state index in [0.29, 0.717) is 10.0 Å². The number of hydrogen-bond donors (Lipinski definition) is 1. The fourth-order valence-electron chi connectivity index (χ4n) is 2.93. The number of benzene rings is 2. The van der Waals surface area contributed by atoms with Gasteiger partial charge in [-0.05, 0) is 48.9 Å². The van der Waals surface area contributed by atoms with Gasteiger partial charge < -0.3 is 5.32 Å². The summed E-state index contributed by atoms with van der Waals surface area (Å²) in [5.41, 5.74) is 2.21. The number of nitrogens with one attached hydrogen (secondary N) is 1. The molecule has 136 valence electrons. The zero-order valence-corrected chi connectivity index (χ0v) is 16.4. The second-order valence-electron chi connectivity index (χ2n) is 6.29. The summed E-state index contributed by atoms with van der Waals surface area (Å²) >= 11 is 12.1. The van der Waals surface area contributed by atoms with Crippen LogP contribution in [0.3, 0.4) is 0 Å². The Hall–Kier alpha value is -1.81. The van der Waals surface area contributed by atoms with Gasteiger partial charge in [0.1, 0.15) is 5.82 Å². The zero-order valence-electron chi connectivity index (χ0n) is 14.9. The lowest BCUT2D eigenvalue weighted by Gasteiger charge is -2.21. The highest BCUT2D eigenvalue weighted by Crippen LogP contribution is 2.23. The van der Waals surface area contributed by atoms with Crippen molar-refractivity contribution in [2.45, 2.75) is 19.9 Å². The first-order chi connectivity index (χ1) is 12.7. The van der Waals surface area contributed by atoms with Gasteiger partial charge in [0, 0.05) is 25.0 Å². The molecule has 0 unspecified atom stereocenters. The van der Waals surface area contributed by atoms with E-state index < -0.39 is 0 Å². The number of para-hydroxylation sites is 1. The molecule has 0 atom stereocenters. The van der Waals surface area contributed by atoms with Crippen LogP contribution in [0.5, 0.6) is 0 Å². The van der Waals surface area contributed by atoms with Crippen LogP contribution in [-0.2, 0) is 6.54 Å². The molecule has 0 bridgehead atoms. The predicted molar refractivity (Wildman–Crippen MR) is 112 cm³/mol. The predicted octanol–water partition coefficient (Wildman–Crippen LogP) is 5.87. The molecule has 0 aliphatic rings. The summed E-state index contributed by atoms with van der Waals surface area (Å²) < 4.78 is 0. The Labute approximate surface area is 164 Å². The van der Waals surface area contributed by atoms with Crippen molar-refractivity contribution in [1.29, 1.82) is 0 Å². The van der Waals surface area contributed by atoms with Crippen molar-refractivity contribution < 1.29 is 0 Å². The minimum atomic E-state index is 0.602. The summed E-state index contributed by atoms with van der Waals surface area (Å²) in [5, 5.41) is 5.80. The Morgan fingerprint density at radius 2 is 1.85 bits per heavy atom. The fourth-order valence-corrected chi connectivity index (χ4v) is 3.25. The first-order valence-corrected chi connectivity index (χ1v) is 9.67. The molecule has 5 heteroatoms. The molecular formula is C21H23Cl2N3. The summed E-state index contributed by atoms with van der Waals surface area (Å²) in [6, 6.07) is 18.2. The van der Waals surface area contributed by atoms with Crippen LogP contribution in [-0.4, -0.2) is 29.5 Å². The van der Waals surface area contributed by atoms with Crippen LogP contribution in [0, 0.1) is 0 Å². The van der Waals surface area contributed by atoms with Gasteiger partial charge in [-0.1, -0.05) is 54.4 Å². The lowest BCUT2D eigenvalue weighted by molar-refractivity contribution is 0.279. The highest BCUT2D eigenvalue weighted by atomic mass is 35.5. The molecule has 0 fully saturated rings. The lowest BCUT2D eigenvalue weighted by Crippen LogP contribution is -2.25. The van der Waals surface area contributed by atoms with Gasteiger partial charge in [-0.2, -0.15) is 0 Å². The zero-order chi connectivity index (χ0) is 18.4. The summed E-state index contributed by atoms with van der Waals surface area (Å²) in [5.74, 6) is 0.927. The van der Waals surface area contributed by atoms with Crippen molar-refractivity contribution in [2.75, 3.05) is 25.0 Å². The molecule has 0 spiro atoms. The number of hydrogen-bond acceptors (Lipinski definition) is 3. The van der Waals surface area contributed by atoms with Crippen molar-refractivity contribution in [2.24, 2.45) is 0 Å². The van der Waals surface area contributed by atoms with Crippen molar-refractivity contribution in [1.82, 2.24) is 9.88 Å². The first-order valence-electron chi connectivity index (χ1n) is 8.91. The van der Waals surface area contributed by atoms with E-state index in [0.717, 1.165) is 49.3 Å². The molecule has 0 aliphatic heterocycles. The molecule has 0 saturated heterocycles. The van der Waals surface area contributed by atoms with Crippen LogP contribution in [0.2, 0.25) is 10.0 Å². The normalized spacial score (nSPS) is 11.2. The number of aromatic nitrogens is 1. The Kier molecular flexibility index (Phi) is 6.73. The van der Waals surface area contributed by atoms with Crippen LogP contribution in [0.4, 0.5) is 5.82 Å². The third kappa shape index (κ3) is 5.10. The second-order valence-corrected chi connectivity index (χ2v) is 7.10. The Morgan fingerprint density at radius 3 is 2.65 bits per heavy atom. The van der Waals surface area contributed by atoms with Gasteiger partial charge >= 0.3 is 0 Å². The topological polar surface area (TPSA) is 28.2 Å². The molecule has 0 amide bonds. The minimum Gasteiger partial charge on any atom is -0.370 e. The quantitative estimate of drug-likeness (QED) is 0.490. The molecule has 2 aromatic carbocycles. The second kappa shape index (κ2) is 9.22. The highest BCUT2D eigenvalue weighted by molar-refractivity contribution is 6.42. The SMILES string of the molecule is CCN(CCCNc1ccc2ccccc2n1)Cc1ccc(Cl)c(Cl)c1. The lowest BCUT2D eigenvalue weighted by atomic mass is 10.2. The molecule has 0 radical (unpaired) electrons. The van der Waals surface area contributed by atoms with Gasteiger partial charge in [-0.15, -0.1) is 0 Å². The molecule has 26 heavy (non-hydrogen) atoms. The molecule has 1 aromatic heterocycles. The van der Waals surface area contributed by atoms with Crippen LogP contribution in [0.25, 0.3) is 10.9 Å². The summed E-state index contributed by atoms with van der Waals surface area (Å²) in [6.45, 7) is 5.95. The molecule has 1 N–H and O–H groups in total. The highest BCUT2D eigenvalue weighted by Gasteiger charge is 2.06. The number of rotatable bonds is 8. The standard InChI is InChI=1S/C21H23Cl2N3/c1-2-26(15-16-8-10-18(22)19(23)14-16)13-5-12-24-21-11-9-17-6-3-4-7-20(17)25-21/h3-4,6-11,14H,2,5,12-13,15H2,1H3,(H,24,25). The van der Waals surface area contributed by atoms with Gasteiger partial charge in [0.25, 0.3) is 0 Å². The number of fused-ring (bicyclic) bond motifs is 1. The number of pyridine rings is 1. The Morgan fingerprint density at radius 1 is 1.00 bits per heavy atom. The maximum absolute atomic E-state index is 6.11. The third-order valence-electron chi connectivity index (χ3n) is 4.39. The maximum atomic E-state index is 6.11. The molecule has 3 aromatic rings. The van der Waals surface area contributed by atoms with Crippen molar-refractivity contribution in [3.05, 3.63) is 70.2 Å². The van der Waals surface area contributed by atoms with Crippen LogP contribution < -0.4 is 5.32 Å². The largest absolute Gasteiger partial charge is 0.370 e. The third-order valence-corrected chi connectivity index (χ3v) is 5.13. The van der Waals surface area contributed by atoms with Crippen LogP contribution in [0.15, 0.2) is 54.6 Å². The van der Waals surface area contributed by atoms with E-state index in [2.05, 4.69) is 34.3 Å². The smallest absolute Gasteiger partial charge is 0.126 e. The molecule has 1 heterocycles. The van der Waals surface area contributed by atoms with E-state index in [1.54, 1.807) is 0 Å². The molecule has 0 aliphatic carbocycles. The van der Waals surface area contributed by atoms with Crippen molar-refractivity contribution in [3.8, 4) is 0 Å². The summed E-state index contributed by atoms with van der Waals surface area (Å²) in [4.78, 5) is 7.04. The van der Waals surface area contributed by atoms with E-state index in [-0.39, 0.29) is 0 Å². The first kappa shape index (κ1) is 19.0. The van der Waals surface area contributed by atoms with Gasteiger partial charge in [-0.25, -0.2) is 4.98 Å². The minimum absolute atomic E-state index is 0.602. The molecule has 3 rings (SSSR count). The Balaban J connectivity index is 1.48. The molecular weight excluding hydrogens is 365 g/mol.